The quantitative estimate of drug-likeness (QED) is 0.717. The van der Waals surface area contributed by atoms with Crippen molar-refractivity contribution in [2.45, 2.75) is 37.1 Å². The Balaban J connectivity index is 2.01. The van der Waals surface area contributed by atoms with Gasteiger partial charge in [-0.25, -0.2) is 0 Å². The fourth-order valence-corrected chi connectivity index (χ4v) is 2.83. The van der Waals surface area contributed by atoms with Gasteiger partial charge in [-0.3, -0.25) is 4.79 Å². The Morgan fingerprint density at radius 3 is 2.69 bits per heavy atom. The Hall–Kier alpha value is 0.01000. The molecule has 0 aromatic rings. The van der Waals surface area contributed by atoms with E-state index in [0.717, 1.165) is 6.42 Å². The second-order valence-corrected chi connectivity index (χ2v) is 6.35. The van der Waals surface area contributed by atoms with E-state index >= 15 is 0 Å². The Bertz CT molecular complexity index is 308. The van der Waals surface area contributed by atoms with Crippen LogP contribution in [-0.2, 0) is 9.53 Å². The van der Waals surface area contributed by atoms with E-state index in [1.807, 2.05) is 11.8 Å². The van der Waals surface area contributed by atoms with Crippen LogP contribution in [0.15, 0.2) is 0 Å². The van der Waals surface area contributed by atoms with Gasteiger partial charge in [0.25, 0.3) is 0 Å². The highest BCUT2D eigenvalue weighted by molar-refractivity contribution is 6.53. The van der Waals surface area contributed by atoms with E-state index in [-0.39, 0.29) is 12.0 Å². The molecule has 2 rings (SSSR count). The summed E-state index contributed by atoms with van der Waals surface area (Å²) < 4.78 is 4.66. The molecular weight excluding hydrogens is 249 g/mol. The third kappa shape index (κ3) is 1.93. The Morgan fingerprint density at radius 1 is 1.56 bits per heavy atom. The van der Waals surface area contributed by atoms with Crippen LogP contribution < -0.4 is 0 Å². The monoisotopic (exact) mass is 265 g/mol. The molecule has 1 saturated carbocycles. The number of alkyl halides is 2. The molecule has 1 aliphatic carbocycles. The van der Waals surface area contributed by atoms with Crippen LogP contribution in [0.1, 0.15) is 26.7 Å². The van der Waals surface area contributed by atoms with Gasteiger partial charge in [0.15, 0.2) is 0 Å². The molecule has 0 aromatic carbocycles. The maximum Gasteiger partial charge on any atom is 0.231 e. The SMILES string of the molecule is CC[C@H]1CN(C(=O)[C@]2(C)CC2(Cl)Cl)CCO1. The van der Waals surface area contributed by atoms with Crippen molar-refractivity contribution < 1.29 is 9.53 Å². The minimum atomic E-state index is -0.871. The van der Waals surface area contributed by atoms with Gasteiger partial charge in [-0.05, 0) is 19.8 Å². The van der Waals surface area contributed by atoms with Gasteiger partial charge in [0.05, 0.1) is 18.1 Å². The molecule has 1 saturated heterocycles. The lowest BCUT2D eigenvalue weighted by atomic mass is 10.1. The number of hydrogen-bond acceptors (Lipinski definition) is 2. The molecule has 1 aliphatic heterocycles. The van der Waals surface area contributed by atoms with E-state index in [1.54, 1.807) is 0 Å². The zero-order valence-corrected chi connectivity index (χ0v) is 11.1. The van der Waals surface area contributed by atoms with E-state index in [4.69, 9.17) is 27.9 Å². The highest BCUT2D eigenvalue weighted by Crippen LogP contribution is 2.64. The number of carbonyl (C=O) groups excluding carboxylic acids is 1. The van der Waals surface area contributed by atoms with Crippen molar-refractivity contribution >= 4 is 29.1 Å². The topological polar surface area (TPSA) is 29.5 Å². The van der Waals surface area contributed by atoms with Crippen LogP contribution in [-0.4, -0.2) is 40.9 Å². The molecule has 16 heavy (non-hydrogen) atoms. The first-order valence-electron chi connectivity index (χ1n) is 5.69. The number of ether oxygens (including phenoxy) is 1. The predicted molar refractivity (Wildman–Crippen MR) is 63.8 cm³/mol. The summed E-state index contributed by atoms with van der Waals surface area (Å²) in [7, 11) is 0. The number of morpholine rings is 1. The molecule has 2 atom stereocenters. The summed E-state index contributed by atoms with van der Waals surface area (Å²) in [6.07, 6.45) is 1.63. The third-order valence-corrected chi connectivity index (χ3v) is 4.71. The van der Waals surface area contributed by atoms with Crippen molar-refractivity contribution in [2.75, 3.05) is 19.7 Å². The summed E-state index contributed by atoms with van der Waals surface area (Å²) in [6.45, 7) is 5.82. The molecule has 0 spiro atoms. The Morgan fingerprint density at radius 2 is 2.19 bits per heavy atom. The van der Waals surface area contributed by atoms with Gasteiger partial charge in [-0.1, -0.05) is 6.92 Å². The minimum absolute atomic E-state index is 0.0688. The van der Waals surface area contributed by atoms with Crippen molar-refractivity contribution in [3.05, 3.63) is 0 Å². The number of nitrogens with zero attached hydrogens (tertiary/aromatic N) is 1. The second kappa shape index (κ2) is 4.04. The van der Waals surface area contributed by atoms with Crippen LogP contribution in [0.3, 0.4) is 0 Å². The molecule has 0 unspecified atom stereocenters. The first kappa shape index (κ1) is 12.5. The zero-order chi connectivity index (χ0) is 12.0. The minimum Gasteiger partial charge on any atom is -0.375 e. The number of hydrogen-bond donors (Lipinski definition) is 0. The number of amides is 1. The molecule has 3 nitrogen and oxygen atoms in total. The summed E-state index contributed by atoms with van der Waals surface area (Å²) in [6, 6.07) is 0. The van der Waals surface area contributed by atoms with Gasteiger partial charge >= 0.3 is 0 Å². The van der Waals surface area contributed by atoms with Crippen molar-refractivity contribution in [1.82, 2.24) is 4.90 Å². The van der Waals surface area contributed by atoms with Crippen LogP contribution in [0, 0.1) is 5.41 Å². The molecule has 5 heteroatoms. The van der Waals surface area contributed by atoms with Gasteiger partial charge in [-0.2, -0.15) is 0 Å². The Kier molecular flexibility index (Phi) is 3.15. The molecular formula is C11H17Cl2NO2. The number of rotatable bonds is 2. The van der Waals surface area contributed by atoms with Crippen molar-refractivity contribution in [3.8, 4) is 0 Å². The second-order valence-electron chi connectivity index (χ2n) is 4.87. The van der Waals surface area contributed by atoms with Crippen molar-refractivity contribution in [3.63, 3.8) is 0 Å². The van der Waals surface area contributed by atoms with E-state index in [9.17, 15) is 4.79 Å². The van der Waals surface area contributed by atoms with Crippen LogP contribution in [0.4, 0.5) is 0 Å². The molecule has 1 heterocycles. The number of halogens is 2. The van der Waals surface area contributed by atoms with Gasteiger partial charge < -0.3 is 9.64 Å². The van der Waals surface area contributed by atoms with Gasteiger partial charge in [0, 0.05) is 13.1 Å². The summed E-state index contributed by atoms with van der Waals surface area (Å²) in [5.41, 5.74) is -0.592. The maximum absolute atomic E-state index is 12.3. The van der Waals surface area contributed by atoms with Gasteiger partial charge in [0.2, 0.25) is 5.91 Å². The van der Waals surface area contributed by atoms with Crippen molar-refractivity contribution in [2.24, 2.45) is 5.41 Å². The summed E-state index contributed by atoms with van der Waals surface area (Å²) in [5, 5.41) is 0. The summed E-state index contributed by atoms with van der Waals surface area (Å²) in [4.78, 5) is 14.1. The van der Waals surface area contributed by atoms with Crippen LogP contribution >= 0.6 is 23.2 Å². The molecule has 0 N–H and O–H groups in total. The van der Waals surface area contributed by atoms with Crippen LogP contribution in [0.2, 0.25) is 0 Å². The molecule has 2 aliphatic rings. The lowest BCUT2D eigenvalue weighted by Crippen LogP contribution is -2.48. The normalized spacial score (nSPS) is 37.2. The average Bonchev–Trinajstić information content (AvgIpc) is 2.78. The van der Waals surface area contributed by atoms with Crippen molar-refractivity contribution in [1.29, 1.82) is 0 Å². The Labute approximate surface area is 106 Å². The lowest BCUT2D eigenvalue weighted by molar-refractivity contribution is -0.144. The molecule has 0 bridgehead atoms. The van der Waals surface area contributed by atoms with E-state index in [0.29, 0.717) is 26.1 Å². The van der Waals surface area contributed by atoms with Gasteiger partial charge in [-0.15, -0.1) is 23.2 Å². The smallest absolute Gasteiger partial charge is 0.231 e. The standard InChI is InChI=1S/C11H17Cl2NO2/c1-3-8-6-14(4-5-16-8)9(15)10(2)7-11(10,12)13/h8H,3-7H2,1-2H3/t8-,10-/m0/s1. The van der Waals surface area contributed by atoms with Crippen LogP contribution in [0.5, 0.6) is 0 Å². The van der Waals surface area contributed by atoms with E-state index in [1.165, 1.54) is 0 Å². The first-order valence-corrected chi connectivity index (χ1v) is 6.45. The number of carbonyl (C=O) groups is 1. The highest BCUT2D eigenvalue weighted by atomic mass is 35.5. The lowest BCUT2D eigenvalue weighted by Gasteiger charge is -2.34. The van der Waals surface area contributed by atoms with E-state index in [2.05, 4.69) is 6.92 Å². The summed E-state index contributed by atoms with van der Waals surface area (Å²) >= 11 is 12.0. The van der Waals surface area contributed by atoms with Gasteiger partial charge in [0.1, 0.15) is 4.33 Å². The largest absolute Gasteiger partial charge is 0.375 e. The molecule has 0 aromatic heterocycles. The summed E-state index contributed by atoms with van der Waals surface area (Å²) in [5.74, 6) is 0.0688. The molecule has 92 valence electrons. The third-order valence-electron chi connectivity index (χ3n) is 3.61. The maximum atomic E-state index is 12.3. The zero-order valence-electron chi connectivity index (χ0n) is 9.63. The fraction of sp³-hybridized carbons (Fsp3) is 0.909. The molecule has 0 radical (unpaired) electrons. The average molecular weight is 266 g/mol. The predicted octanol–water partition coefficient (Wildman–Crippen LogP) is 2.21. The molecule has 2 fully saturated rings. The fourth-order valence-electron chi connectivity index (χ4n) is 2.13. The van der Waals surface area contributed by atoms with E-state index < -0.39 is 9.75 Å². The molecule has 1 amide bonds. The highest BCUT2D eigenvalue weighted by Gasteiger charge is 2.68. The van der Waals surface area contributed by atoms with Crippen LogP contribution in [0.25, 0.3) is 0 Å². The first-order chi connectivity index (χ1) is 7.40.